The molecule has 1 aliphatic rings. The van der Waals surface area contributed by atoms with Crippen molar-refractivity contribution in [3.05, 3.63) is 29.8 Å². The van der Waals surface area contributed by atoms with Crippen molar-refractivity contribution in [2.45, 2.75) is 91.4 Å². The van der Waals surface area contributed by atoms with E-state index in [1.54, 1.807) is 0 Å². The molecule has 3 nitrogen and oxygen atoms in total. The zero-order valence-electron chi connectivity index (χ0n) is 17.8. The highest BCUT2D eigenvalue weighted by molar-refractivity contribution is 7.42. The molecular formula is C23H39O3P. The van der Waals surface area contributed by atoms with Crippen LogP contribution >= 0.6 is 8.60 Å². The van der Waals surface area contributed by atoms with Crippen molar-refractivity contribution in [2.75, 3.05) is 13.2 Å². The molecule has 154 valence electrons. The van der Waals surface area contributed by atoms with Gasteiger partial charge in [0.2, 0.25) is 0 Å². The average molecular weight is 395 g/mol. The molecule has 1 saturated heterocycles. The summed E-state index contributed by atoms with van der Waals surface area (Å²) in [6.45, 7) is 10.2. The maximum atomic E-state index is 6.19. The summed E-state index contributed by atoms with van der Waals surface area (Å²) >= 11 is 0. The Labute approximate surface area is 168 Å². The van der Waals surface area contributed by atoms with Crippen LogP contribution in [0, 0.1) is 5.41 Å². The van der Waals surface area contributed by atoms with Gasteiger partial charge in [-0.3, -0.25) is 0 Å². The Balaban J connectivity index is 1.93. The fourth-order valence-electron chi connectivity index (χ4n) is 3.54. The van der Waals surface area contributed by atoms with Crippen LogP contribution in [0.25, 0.3) is 0 Å². The lowest BCUT2D eigenvalue weighted by Gasteiger charge is -2.33. The third-order valence-corrected chi connectivity index (χ3v) is 6.22. The smallest absolute Gasteiger partial charge is 0.397 e. The Bertz CT molecular complexity index is 522. The van der Waals surface area contributed by atoms with E-state index in [2.05, 4.69) is 52.0 Å². The summed E-state index contributed by atoms with van der Waals surface area (Å²) in [5.74, 6) is 1.52. The van der Waals surface area contributed by atoms with E-state index in [-0.39, 0.29) is 5.41 Å². The molecule has 1 heterocycles. The first kappa shape index (κ1) is 22.7. The second kappa shape index (κ2) is 12.0. The van der Waals surface area contributed by atoms with Gasteiger partial charge in [0, 0.05) is 5.41 Å². The Morgan fingerprint density at radius 2 is 1.59 bits per heavy atom. The minimum atomic E-state index is -1.28. The number of hydrogen-bond donors (Lipinski definition) is 0. The van der Waals surface area contributed by atoms with Gasteiger partial charge in [0.05, 0.1) is 13.2 Å². The molecule has 4 heteroatoms. The Morgan fingerprint density at radius 1 is 0.926 bits per heavy atom. The van der Waals surface area contributed by atoms with E-state index in [1.807, 2.05) is 0 Å². The van der Waals surface area contributed by atoms with E-state index in [0.29, 0.717) is 19.1 Å². The van der Waals surface area contributed by atoms with Gasteiger partial charge in [0.1, 0.15) is 5.75 Å². The van der Waals surface area contributed by atoms with Gasteiger partial charge in [-0.15, -0.1) is 0 Å². The predicted octanol–water partition coefficient (Wildman–Crippen LogP) is 8.00. The molecule has 0 aromatic heterocycles. The number of para-hydroxylation sites is 1. The summed E-state index contributed by atoms with van der Waals surface area (Å²) < 4.78 is 17.9. The van der Waals surface area contributed by atoms with Crippen molar-refractivity contribution in [2.24, 2.45) is 5.41 Å². The fraction of sp³-hybridized carbons (Fsp3) is 0.739. The van der Waals surface area contributed by atoms with E-state index >= 15 is 0 Å². The van der Waals surface area contributed by atoms with E-state index < -0.39 is 8.60 Å². The van der Waals surface area contributed by atoms with Gasteiger partial charge in [-0.1, -0.05) is 90.8 Å². The quantitative estimate of drug-likeness (QED) is 0.265. The van der Waals surface area contributed by atoms with Crippen molar-refractivity contribution in [3.63, 3.8) is 0 Å². The summed E-state index contributed by atoms with van der Waals surface area (Å²) in [6, 6.07) is 8.49. The van der Waals surface area contributed by atoms with Gasteiger partial charge in [0.25, 0.3) is 0 Å². The van der Waals surface area contributed by atoms with E-state index in [9.17, 15) is 0 Å². The molecule has 1 aromatic rings. The van der Waals surface area contributed by atoms with Gasteiger partial charge in [0.15, 0.2) is 0 Å². The summed E-state index contributed by atoms with van der Waals surface area (Å²) in [5.41, 5.74) is 1.40. The first-order chi connectivity index (χ1) is 13.1. The average Bonchev–Trinajstić information content (AvgIpc) is 2.66. The minimum Gasteiger partial charge on any atom is -0.426 e. The van der Waals surface area contributed by atoms with Gasteiger partial charge >= 0.3 is 8.60 Å². The van der Waals surface area contributed by atoms with Gasteiger partial charge in [-0.05, 0) is 30.4 Å². The van der Waals surface area contributed by atoms with E-state index in [4.69, 9.17) is 13.6 Å². The zero-order chi connectivity index (χ0) is 19.5. The molecular weight excluding hydrogens is 355 g/mol. The minimum absolute atomic E-state index is 0.0736. The Morgan fingerprint density at radius 3 is 2.30 bits per heavy atom. The van der Waals surface area contributed by atoms with Gasteiger partial charge in [-0.25, -0.2) is 0 Å². The van der Waals surface area contributed by atoms with Crippen LogP contribution in [-0.2, 0) is 9.05 Å². The monoisotopic (exact) mass is 394 g/mol. The fourth-order valence-corrected chi connectivity index (χ4v) is 4.96. The first-order valence-corrected chi connectivity index (χ1v) is 12.0. The van der Waals surface area contributed by atoms with Crippen LogP contribution in [0.2, 0.25) is 0 Å². The van der Waals surface area contributed by atoms with Crippen LogP contribution in [0.15, 0.2) is 24.3 Å². The molecule has 0 aliphatic carbocycles. The number of rotatable bonds is 12. The summed E-state index contributed by atoms with van der Waals surface area (Å²) in [7, 11) is -1.28. The van der Waals surface area contributed by atoms with Crippen LogP contribution in [0.1, 0.15) is 97.0 Å². The topological polar surface area (TPSA) is 27.7 Å². The molecule has 0 spiro atoms. The Hall–Kier alpha value is -0.630. The zero-order valence-corrected chi connectivity index (χ0v) is 18.7. The molecule has 0 saturated carbocycles. The van der Waals surface area contributed by atoms with Crippen LogP contribution in [-0.4, -0.2) is 13.2 Å². The van der Waals surface area contributed by atoms with E-state index in [1.165, 1.54) is 63.4 Å². The van der Waals surface area contributed by atoms with E-state index in [0.717, 1.165) is 5.75 Å². The second-order valence-electron chi connectivity index (χ2n) is 8.61. The molecule has 1 fully saturated rings. The van der Waals surface area contributed by atoms with Crippen LogP contribution in [0.3, 0.4) is 0 Å². The van der Waals surface area contributed by atoms with Gasteiger partial charge < -0.3 is 13.6 Å². The normalized spacial score (nSPS) is 18.4. The van der Waals surface area contributed by atoms with Crippen molar-refractivity contribution in [1.29, 1.82) is 0 Å². The standard InChI is InChI=1S/C23H39O3P/c1-5-7-8-9-10-11-15-20(14-6-2)21-16-12-13-17-22(21)26-27-24-18-23(3,4)19-25-27/h12-13,16-17,20H,5-11,14-15,18-19H2,1-4H3. The molecule has 1 aromatic carbocycles. The summed E-state index contributed by atoms with van der Waals surface area (Å²) in [6.07, 6.45) is 11.7. The van der Waals surface area contributed by atoms with Crippen molar-refractivity contribution < 1.29 is 13.6 Å². The van der Waals surface area contributed by atoms with Crippen molar-refractivity contribution in [1.82, 2.24) is 0 Å². The molecule has 0 N–H and O–H groups in total. The number of unbranched alkanes of at least 4 members (excludes halogenated alkanes) is 5. The maximum Gasteiger partial charge on any atom is 0.397 e. The van der Waals surface area contributed by atoms with Crippen LogP contribution in [0.4, 0.5) is 0 Å². The third kappa shape index (κ3) is 8.10. The third-order valence-electron chi connectivity index (χ3n) is 5.20. The highest BCUT2D eigenvalue weighted by atomic mass is 31.2. The molecule has 2 rings (SSSR count). The lowest BCUT2D eigenvalue weighted by atomic mass is 9.88. The molecule has 0 radical (unpaired) electrons. The number of benzene rings is 1. The van der Waals surface area contributed by atoms with Crippen molar-refractivity contribution in [3.8, 4) is 5.75 Å². The maximum absolute atomic E-state index is 6.19. The highest BCUT2D eigenvalue weighted by Gasteiger charge is 2.32. The first-order valence-electron chi connectivity index (χ1n) is 10.9. The summed E-state index contributed by atoms with van der Waals surface area (Å²) in [5, 5.41) is 0. The summed E-state index contributed by atoms with van der Waals surface area (Å²) in [4.78, 5) is 0. The molecule has 0 bridgehead atoms. The largest absolute Gasteiger partial charge is 0.426 e. The molecule has 1 aliphatic heterocycles. The number of hydrogen-bond acceptors (Lipinski definition) is 3. The molecule has 27 heavy (non-hydrogen) atoms. The van der Waals surface area contributed by atoms with Crippen LogP contribution < -0.4 is 4.52 Å². The molecule has 0 amide bonds. The molecule has 1 unspecified atom stereocenters. The van der Waals surface area contributed by atoms with Crippen LogP contribution in [0.5, 0.6) is 5.75 Å². The SMILES string of the molecule is CCCCCCCCC(CCC)c1ccccc1OP1OCC(C)(C)CO1. The predicted molar refractivity (Wildman–Crippen MR) is 115 cm³/mol. The van der Waals surface area contributed by atoms with Crippen molar-refractivity contribution >= 4 is 8.60 Å². The Kier molecular flexibility index (Phi) is 10.1. The lowest BCUT2D eigenvalue weighted by molar-refractivity contribution is 0.0425. The lowest BCUT2D eigenvalue weighted by Crippen LogP contribution is -2.29. The van der Waals surface area contributed by atoms with Gasteiger partial charge in [-0.2, -0.15) is 0 Å². The molecule has 1 atom stereocenters. The highest BCUT2D eigenvalue weighted by Crippen LogP contribution is 2.48. The second-order valence-corrected chi connectivity index (χ2v) is 9.75.